The fraction of sp³-hybridized carbons (Fsp3) is 0.833. The van der Waals surface area contributed by atoms with E-state index in [0.717, 1.165) is 12.8 Å². The second-order valence-corrected chi connectivity index (χ2v) is 5.19. The Balaban J connectivity index is 4.44. The molecule has 1 atom stereocenters. The van der Waals surface area contributed by atoms with Gasteiger partial charge in [0.1, 0.15) is 6.04 Å². The molecule has 0 aromatic rings. The summed E-state index contributed by atoms with van der Waals surface area (Å²) in [5, 5.41) is 11.6. The lowest BCUT2D eigenvalue weighted by Crippen LogP contribution is -2.49. The van der Waals surface area contributed by atoms with E-state index < -0.39 is 12.0 Å². The van der Waals surface area contributed by atoms with Crippen LogP contribution in [0.3, 0.4) is 0 Å². The summed E-state index contributed by atoms with van der Waals surface area (Å²) in [6.45, 7) is 4.03. The predicted molar refractivity (Wildman–Crippen MR) is 75.1 cm³/mol. The first kappa shape index (κ1) is 17.1. The number of nitrogens with one attached hydrogen (secondary N) is 1. The zero-order chi connectivity index (χ0) is 14.1. The summed E-state index contributed by atoms with van der Waals surface area (Å²) in [6, 6.07) is -0.959. The van der Waals surface area contributed by atoms with Crippen LogP contribution >= 0.6 is 11.8 Å². The van der Waals surface area contributed by atoms with Crippen LogP contribution in [-0.4, -0.2) is 53.1 Å². The molecule has 106 valence electrons. The summed E-state index contributed by atoms with van der Waals surface area (Å²) < 4.78 is 0. The number of thioether (sulfide) groups is 1. The largest absolute Gasteiger partial charge is 0.480 e. The van der Waals surface area contributed by atoms with Crippen molar-refractivity contribution in [3.8, 4) is 0 Å². The Morgan fingerprint density at radius 1 is 1.33 bits per heavy atom. The third-order valence-electron chi connectivity index (χ3n) is 3.02. The van der Waals surface area contributed by atoms with Gasteiger partial charge in [0, 0.05) is 13.1 Å². The third kappa shape index (κ3) is 5.62. The van der Waals surface area contributed by atoms with E-state index in [-0.39, 0.29) is 12.1 Å². The fourth-order valence-electron chi connectivity index (χ4n) is 1.75. The number of hydrogen-bond acceptors (Lipinski definition) is 3. The van der Waals surface area contributed by atoms with Crippen LogP contribution in [0, 0.1) is 0 Å². The van der Waals surface area contributed by atoms with Gasteiger partial charge in [0.25, 0.3) is 0 Å². The first-order valence-electron chi connectivity index (χ1n) is 6.22. The summed E-state index contributed by atoms with van der Waals surface area (Å²) >= 11 is 1.57. The molecule has 1 unspecified atom stereocenters. The number of rotatable bonds is 8. The Kier molecular flexibility index (Phi) is 8.62. The van der Waals surface area contributed by atoms with Gasteiger partial charge in [-0.1, -0.05) is 13.8 Å². The topological polar surface area (TPSA) is 69.6 Å². The molecule has 0 aromatic heterocycles. The second-order valence-electron chi connectivity index (χ2n) is 4.20. The minimum atomic E-state index is -0.977. The smallest absolute Gasteiger partial charge is 0.326 e. The highest BCUT2D eigenvalue weighted by Crippen LogP contribution is 2.07. The average Bonchev–Trinajstić information content (AvgIpc) is 2.35. The standard InChI is InChI=1S/C12H24N2O3S/c1-5-9(6-2)14(3)12(17)13-10(11(15)16)7-8-18-4/h9-10H,5-8H2,1-4H3,(H,13,17)(H,15,16). The number of urea groups is 1. The molecule has 0 saturated heterocycles. The average molecular weight is 276 g/mol. The summed E-state index contributed by atoms with van der Waals surface area (Å²) in [6.07, 6.45) is 4.09. The molecular weight excluding hydrogens is 252 g/mol. The molecule has 0 spiro atoms. The van der Waals surface area contributed by atoms with Crippen molar-refractivity contribution in [2.75, 3.05) is 19.1 Å². The quantitative estimate of drug-likeness (QED) is 0.711. The van der Waals surface area contributed by atoms with E-state index in [2.05, 4.69) is 5.32 Å². The molecule has 0 heterocycles. The van der Waals surface area contributed by atoms with Crippen molar-refractivity contribution in [2.24, 2.45) is 0 Å². The van der Waals surface area contributed by atoms with Gasteiger partial charge in [-0.15, -0.1) is 0 Å². The molecular formula is C12H24N2O3S. The highest BCUT2D eigenvalue weighted by Gasteiger charge is 2.23. The van der Waals surface area contributed by atoms with Crippen molar-refractivity contribution in [1.82, 2.24) is 10.2 Å². The van der Waals surface area contributed by atoms with Gasteiger partial charge < -0.3 is 15.3 Å². The minimum absolute atomic E-state index is 0.153. The highest BCUT2D eigenvalue weighted by atomic mass is 32.2. The zero-order valence-corrected chi connectivity index (χ0v) is 12.4. The molecule has 6 heteroatoms. The molecule has 0 fully saturated rings. The number of nitrogens with zero attached hydrogens (tertiary/aromatic N) is 1. The third-order valence-corrected chi connectivity index (χ3v) is 3.66. The zero-order valence-electron chi connectivity index (χ0n) is 11.6. The molecule has 5 nitrogen and oxygen atoms in total. The van der Waals surface area contributed by atoms with E-state index >= 15 is 0 Å². The molecule has 0 radical (unpaired) electrons. The van der Waals surface area contributed by atoms with Gasteiger partial charge in [-0.25, -0.2) is 9.59 Å². The van der Waals surface area contributed by atoms with Crippen LogP contribution < -0.4 is 5.32 Å². The van der Waals surface area contributed by atoms with Gasteiger partial charge in [-0.2, -0.15) is 11.8 Å². The first-order chi connectivity index (χ1) is 8.47. The second kappa shape index (κ2) is 9.08. The van der Waals surface area contributed by atoms with E-state index in [0.29, 0.717) is 12.2 Å². The van der Waals surface area contributed by atoms with Gasteiger partial charge in [0.2, 0.25) is 0 Å². The van der Waals surface area contributed by atoms with Crippen LogP contribution in [0.1, 0.15) is 33.1 Å². The number of amides is 2. The van der Waals surface area contributed by atoms with Crippen LogP contribution in [0.15, 0.2) is 0 Å². The van der Waals surface area contributed by atoms with Crippen molar-refractivity contribution in [3.63, 3.8) is 0 Å². The molecule has 0 bridgehead atoms. The van der Waals surface area contributed by atoms with Crippen LogP contribution in [0.4, 0.5) is 4.79 Å². The highest BCUT2D eigenvalue weighted by molar-refractivity contribution is 7.98. The summed E-state index contributed by atoms with van der Waals surface area (Å²) in [4.78, 5) is 24.5. The maximum atomic E-state index is 11.9. The van der Waals surface area contributed by atoms with Crippen molar-refractivity contribution in [1.29, 1.82) is 0 Å². The summed E-state index contributed by atoms with van der Waals surface area (Å²) in [5.74, 6) is -0.262. The van der Waals surface area contributed by atoms with Gasteiger partial charge in [-0.3, -0.25) is 0 Å². The van der Waals surface area contributed by atoms with E-state index in [1.54, 1.807) is 23.7 Å². The lowest BCUT2D eigenvalue weighted by atomic mass is 10.1. The number of carbonyl (C=O) groups is 2. The van der Waals surface area contributed by atoms with Crippen LogP contribution in [0.2, 0.25) is 0 Å². The fourth-order valence-corrected chi connectivity index (χ4v) is 2.22. The van der Waals surface area contributed by atoms with E-state index in [1.807, 2.05) is 20.1 Å². The number of carboxylic acid groups (broad SMARTS) is 1. The normalized spacial score (nSPS) is 12.3. The Labute approximate surface area is 113 Å². The van der Waals surface area contributed by atoms with Crippen LogP contribution in [0.5, 0.6) is 0 Å². The van der Waals surface area contributed by atoms with Gasteiger partial charge in [0.05, 0.1) is 0 Å². The predicted octanol–water partition coefficient (Wildman–Crippen LogP) is 2.02. The molecule has 0 rings (SSSR count). The van der Waals surface area contributed by atoms with Crippen molar-refractivity contribution in [2.45, 2.75) is 45.2 Å². The number of carbonyl (C=O) groups excluding carboxylic acids is 1. The van der Waals surface area contributed by atoms with Crippen LogP contribution in [-0.2, 0) is 4.79 Å². The molecule has 0 saturated carbocycles. The Morgan fingerprint density at radius 2 is 1.89 bits per heavy atom. The molecule has 0 aliphatic rings. The molecule has 0 aliphatic carbocycles. The van der Waals surface area contributed by atoms with Crippen molar-refractivity contribution < 1.29 is 14.7 Å². The van der Waals surface area contributed by atoms with Crippen LogP contribution in [0.25, 0.3) is 0 Å². The Bertz CT molecular complexity index is 270. The lowest BCUT2D eigenvalue weighted by molar-refractivity contribution is -0.139. The summed E-state index contributed by atoms with van der Waals surface area (Å²) in [7, 11) is 1.71. The minimum Gasteiger partial charge on any atom is -0.480 e. The van der Waals surface area contributed by atoms with E-state index in [1.165, 1.54) is 0 Å². The lowest BCUT2D eigenvalue weighted by Gasteiger charge is -2.28. The van der Waals surface area contributed by atoms with Gasteiger partial charge >= 0.3 is 12.0 Å². The number of hydrogen-bond donors (Lipinski definition) is 2. The van der Waals surface area contributed by atoms with Crippen molar-refractivity contribution in [3.05, 3.63) is 0 Å². The molecule has 0 aliphatic heterocycles. The van der Waals surface area contributed by atoms with Gasteiger partial charge in [-0.05, 0) is 31.3 Å². The molecule has 2 amide bonds. The maximum absolute atomic E-state index is 11.9. The number of carboxylic acids is 1. The van der Waals surface area contributed by atoms with Crippen molar-refractivity contribution >= 4 is 23.8 Å². The Hall–Kier alpha value is -0.910. The van der Waals surface area contributed by atoms with E-state index in [9.17, 15) is 9.59 Å². The molecule has 18 heavy (non-hydrogen) atoms. The Morgan fingerprint density at radius 3 is 2.28 bits per heavy atom. The monoisotopic (exact) mass is 276 g/mol. The SMILES string of the molecule is CCC(CC)N(C)C(=O)NC(CCSC)C(=O)O. The summed E-state index contributed by atoms with van der Waals surface area (Å²) in [5.41, 5.74) is 0. The molecule has 0 aromatic carbocycles. The van der Waals surface area contributed by atoms with Gasteiger partial charge in [0.15, 0.2) is 0 Å². The van der Waals surface area contributed by atoms with E-state index in [4.69, 9.17) is 5.11 Å². The maximum Gasteiger partial charge on any atom is 0.326 e. The number of aliphatic carboxylic acids is 1. The first-order valence-corrected chi connectivity index (χ1v) is 7.62. The molecule has 2 N–H and O–H groups in total.